The molecule has 2 aliphatic rings. The van der Waals surface area contributed by atoms with Gasteiger partial charge in [-0.05, 0) is 18.8 Å². The summed E-state index contributed by atoms with van der Waals surface area (Å²) in [5.41, 5.74) is 0. The predicted octanol–water partition coefficient (Wildman–Crippen LogP) is 0.529. The van der Waals surface area contributed by atoms with E-state index < -0.39 is 5.92 Å². The summed E-state index contributed by atoms with van der Waals surface area (Å²) in [5.74, 6) is -0.212. The van der Waals surface area contributed by atoms with Gasteiger partial charge in [0.25, 0.3) is 0 Å². The lowest BCUT2D eigenvalue weighted by atomic mass is 10.0. The Morgan fingerprint density at radius 1 is 1.36 bits per heavy atom. The number of carbonyl (C=O) groups is 2. The molecule has 1 aliphatic carbocycles. The molecule has 1 saturated carbocycles. The molecule has 0 spiro atoms. The Balaban J connectivity index is 2.21. The van der Waals surface area contributed by atoms with Gasteiger partial charge in [0.05, 0.1) is 6.61 Å². The fourth-order valence-electron chi connectivity index (χ4n) is 1.85. The molecule has 0 N–H and O–H groups in total. The lowest BCUT2D eigenvalue weighted by Gasteiger charge is -2.06. The number of hydrogen-bond donors (Lipinski definition) is 0. The summed E-state index contributed by atoms with van der Waals surface area (Å²) >= 11 is 0. The average molecular weight is 154 g/mol. The van der Waals surface area contributed by atoms with Gasteiger partial charge in [0.15, 0.2) is 0 Å². The summed E-state index contributed by atoms with van der Waals surface area (Å²) in [7, 11) is 0. The molecule has 3 heteroatoms. The third-order valence-electron chi connectivity index (χ3n) is 2.50. The van der Waals surface area contributed by atoms with Crippen molar-refractivity contribution in [2.75, 3.05) is 6.61 Å². The Hall–Kier alpha value is -0.860. The van der Waals surface area contributed by atoms with Gasteiger partial charge >= 0.3 is 5.97 Å². The molecule has 1 heterocycles. The Bertz CT molecular complexity index is 209. The average Bonchev–Trinajstić information content (AvgIpc) is 2.20. The SMILES string of the molecule is O=C1CC2CCOC(=O)C1C2. The summed E-state index contributed by atoms with van der Waals surface area (Å²) in [4.78, 5) is 22.2. The molecule has 2 fully saturated rings. The van der Waals surface area contributed by atoms with E-state index in [0.717, 1.165) is 12.8 Å². The lowest BCUT2D eigenvalue weighted by molar-refractivity contribution is -0.150. The van der Waals surface area contributed by atoms with Crippen LogP contribution < -0.4 is 0 Å². The fraction of sp³-hybridized carbons (Fsp3) is 0.750. The number of fused-ring (bicyclic) bond motifs is 2. The highest BCUT2D eigenvalue weighted by molar-refractivity contribution is 6.00. The number of carbonyl (C=O) groups excluding carboxylic acids is 2. The molecular weight excluding hydrogens is 144 g/mol. The first-order valence-electron chi connectivity index (χ1n) is 3.96. The zero-order valence-electron chi connectivity index (χ0n) is 6.21. The molecule has 11 heavy (non-hydrogen) atoms. The van der Waals surface area contributed by atoms with Crippen molar-refractivity contribution in [3.63, 3.8) is 0 Å². The third-order valence-corrected chi connectivity index (χ3v) is 2.50. The standard InChI is InChI=1S/C8H10O3/c9-7-4-5-1-2-11-8(10)6(7)3-5/h5-6H,1-4H2. The van der Waals surface area contributed by atoms with E-state index in [1.807, 2.05) is 0 Å². The van der Waals surface area contributed by atoms with Crippen molar-refractivity contribution in [2.45, 2.75) is 19.3 Å². The van der Waals surface area contributed by atoms with E-state index >= 15 is 0 Å². The maximum atomic E-state index is 11.1. The van der Waals surface area contributed by atoms with Crippen LogP contribution in [0.4, 0.5) is 0 Å². The Kier molecular flexibility index (Phi) is 1.44. The second kappa shape index (κ2) is 2.32. The first-order valence-corrected chi connectivity index (χ1v) is 3.96. The van der Waals surface area contributed by atoms with Crippen LogP contribution in [0.3, 0.4) is 0 Å². The lowest BCUT2D eigenvalue weighted by Crippen LogP contribution is -2.21. The molecule has 2 unspecified atom stereocenters. The van der Waals surface area contributed by atoms with E-state index in [9.17, 15) is 9.59 Å². The van der Waals surface area contributed by atoms with Gasteiger partial charge in [-0.15, -0.1) is 0 Å². The van der Waals surface area contributed by atoms with Crippen LogP contribution in [-0.4, -0.2) is 18.4 Å². The third kappa shape index (κ3) is 1.04. The van der Waals surface area contributed by atoms with Crippen molar-refractivity contribution < 1.29 is 14.3 Å². The molecule has 1 aliphatic heterocycles. The van der Waals surface area contributed by atoms with Crippen molar-refractivity contribution in [3.8, 4) is 0 Å². The van der Waals surface area contributed by atoms with Crippen LogP contribution in [0.15, 0.2) is 0 Å². The summed E-state index contributed by atoms with van der Waals surface area (Å²) < 4.78 is 4.85. The van der Waals surface area contributed by atoms with E-state index in [4.69, 9.17) is 4.74 Å². The zero-order chi connectivity index (χ0) is 7.84. The highest BCUT2D eigenvalue weighted by Crippen LogP contribution is 2.33. The van der Waals surface area contributed by atoms with Crippen molar-refractivity contribution in [3.05, 3.63) is 0 Å². The molecule has 60 valence electrons. The molecule has 0 aromatic carbocycles. The Morgan fingerprint density at radius 2 is 2.18 bits per heavy atom. The van der Waals surface area contributed by atoms with Crippen molar-refractivity contribution in [1.82, 2.24) is 0 Å². The molecule has 2 bridgehead atoms. The van der Waals surface area contributed by atoms with Crippen LogP contribution in [0.2, 0.25) is 0 Å². The number of ether oxygens (including phenoxy) is 1. The van der Waals surface area contributed by atoms with Crippen LogP contribution in [0, 0.1) is 11.8 Å². The highest BCUT2D eigenvalue weighted by Gasteiger charge is 2.40. The maximum Gasteiger partial charge on any atom is 0.316 e. The van der Waals surface area contributed by atoms with Crippen LogP contribution in [-0.2, 0) is 14.3 Å². The summed E-state index contributed by atoms with van der Waals surface area (Å²) in [6.07, 6.45) is 2.20. The number of ketones is 1. The molecule has 0 aromatic rings. The van der Waals surface area contributed by atoms with E-state index in [2.05, 4.69) is 0 Å². The smallest absolute Gasteiger partial charge is 0.316 e. The first-order chi connectivity index (χ1) is 5.27. The minimum absolute atomic E-state index is 0.0831. The van der Waals surface area contributed by atoms with Gasteiger partial charge in [0, 0.05) is 6.42 Å². The van der Waals surface area contributed by atoms with E-state index in [1.165, 1.54) is 0 Å². The zero-order valence-corrected chi connectivity index (χ0v) is 6.21. The first kappa shape index (κ1) is 6.83. The van der Waals surface area contributed by atoms with Crippen molar-refractivity contribution in [1.29, 1.82) is 0 Å². The molecule has 3 nitrogen and oxygen atoms in total. The Morgan fingerprint density at radius 3 is 3.00 bits per heavy atom. The largest absolute Gasteiger partial charge is 0.465 e. The van der Waals surface area contributed by atoms with Gasteiger partial charge in [-0.25, -0.2) is 0 Å². The minimum atomic E-state index is -0.414. The summed E-state index contributed by atoms with van der Waals surface area (Å²) in [6, 6.07) is 0. The topological polar surface area (TPSA) is 43.4 Å². The maximum absolute atomic E-state index is 11.1. The number of Topliss-reactive ketones (excluding diaryl/α,β-unsaturated/α-hetero) is 1. The van der Waals surface area contributed by atoms with E-state index in [-0.39, 0.29) is 11.8 Å². The van der Waals surface area contributed by atoms with Gasteiger partial charge in [-0.3, -0.25) is 9.59 Å². The van der Waals surface area contributed by atoms with Gasteiger partial charge in [0.2, 0.25) is 0 Å². The summed E-state index contributed by atoms with van der Waals surface area (Å²) in [5, 5.41) is 0. The van der Waals surface area contributed by atoms with E-state index in [1.54, 1.807) is 0 Å². The molecular formula is C8H10O3. The molecule has 0 amide bonds. The van der Waals surface area contributed by atoms with Gasteiger partial charge in [-0.1, -0.05) is 0 Å². The number of hydrogen-bond acceptors (Lipinski definition) is 3. The van der Waals surface area contributed by atoms with Gasteiger partial charge < -0.3 is 4.74 Å². The molecule has 0 radical (unpaired) electrons. The number of rotatable bonds is 0. The van der Waals surface area contributed by atoms with Crippen LogP contribution in [0.1, 0.15) is 19.3 Å². The normalized spacial score (nSPS) is 36.7. The molecule has 2 rings (SSSR count). The van der Waals surface area contributed by atoms with E-state index in [0.29, 0.717) is 18.9 Å². The van der Waals surface area contributed by atoms with Crippen LogP contribution >= 0.6 is 0 Å². The predicted molar refractivity (Wildman–Crippen MR) is 36.8 cm³/mol. The van der Waals surface area contributed by atoms with Crippen molar-refractivity contribution >= 4 is 11.8 Å². The van der Waals surface area contributed by atoms with Gasteiger partial charge in [0.1, 0.15) is 11.7 Å². The monoisotopic (exact) mass is 154 g/mol. The highest BCUT2D eigenvalue weighted by atomic mass is 16.5. The summed E-state index contributed by atoms with van der Waals surface area (Å²) in [6.45, 7) is 0.507. The minimum Gasteiger partial charge on any atom is -0.465 e. The second-order valence-electron chi connectivity index (χ2n) is 3.28. The molecule has 1 saturated heterocycles. The Labute approximate surface area is 64.7 Å². The quantitative estimate of drug-likeness (QED) is 0.377. The second-order valence-corrected chi connectivity index (χ2v) is 3.28. The fourth-order valence-corrected chi connectivity index (χ4v) is 1.85. The van der Waals surface area contributed by atoms with Crippen molar-refractivity contribution in [2.24, 2.45) is 11.8 Å². The van der Waals surface area contributed by atoms with Crippen LogP contribution in [0.25, 0.3) is 0 Å². The van der Waals surface area contributed by atoms with Crippen LogP contribution in [0.5, 0.6) is 0 Å². The molecule has 2 atom stereocenters. The van der Waals surface area contributed by atoms with Gasteiger partial charge in [-0.2, -0.15) is 0 Å². The number of cyclic esters (lactones) is 1. The number of esters is 1. The molecule has 0 aromatic heterocycles.